The third kappa shape index (κ3) is 2.91. The lowest BCUT2D eigenvalue weighted by molar-refractivity contribution is 0.925. The van der Waals surface area contributed by atoms with Crippen molar-refractivity contribution < 1.29 is 0 Å². The van der Waals surface area contributed by atoms with E-state index in [9.17, 15) is 0 Å². The summed E-state index contributed by atoms with van der Waals surface area (Å²) in [5, 5.41) is 0. The molecule has 76 valence electrons. The number of aryl methyl sites for hydroxylation is 3. The maximum Gasteiger partial charge on any atom is -0.00732 e. The Hall–Kier alpha value is -1.24. The fourth-order valence-corrected chi connectivity index (χ4v) is 1.48. The summed E-state index contributed by atoms with van der Waals surface area (Å²) in [7, 11) is 0. The molecule has 0 radical (unpaired) electrons. The van der Waals surface area contributed by atoms with E-state index in [0.717, 1.165) is 12.8 Å². The number of allylic oxidation sites excluding steroid dienone is 1. The van der Waals surface area contributed by atoms with Crippen molar-refractivity contribution in [2.45, 2.75) is 33.6 Å². The van der Waals surface area contributed by atoms with E-state index in [-0.39, 0.29) is 0 Å². The van der Waals surface area contributed by atoms with E-state index < -0.39 is 0 Å². The molecule has 0 heterocycles. The second kappa shape index (κ2) is 4.85. The molecule has 0 atom stereocenters. The number of rotatable bonds is 3. The molecule has 0 aliphatic rings. The molecule has 0 aliphatic carbocycles. The van der Waals surface area contributed by atoms with Crippen LogP contribution < -0.4 is 5.73 Å². The van der Waals surface area contributed by atoms with Crippen LogP contribution in [-0.4, -0.2) is 0 Å². The molecule has 1 rings (SSSR count). The third-order valence-electron chi connectivity index (χ3n) is 2.58. The smallest absolute Gasteiger partial charge is 0.00732 e. The lowest BCUT2D eigenvalue weighted by Crippen LogP contribution is -1.93. The van der Waals surface area contributed by atoms with Gasteiger partial charge in [-0.1, -0.05) is 29.3 Å². The van der Waals surface area contributed by atoms with Gasteiger partial charge in [-0.3, -0.25) is 0 Å². The Morgan fingerprint density at radius 3 is 2.71 bits per heavy atom. The first-order chi connectivity index (χ1) is 6.63. The van der Waals surface area contributed by atoms with Gasteiger partial charge in [0.2, 0.25) is 0 Å². The first-order valence-corrected chi connectivity index (χ1v) is 5.07. The van der Waals surface area contributed by atoms with Crippen molar-refractivity contribution in [2.24, 2.45) is 5.73 Å². The van der Waals surface area contributed by atoms with Gasteiger partial charge in [0.05, 0.1) is 0 Å². The van der Waals surface area contributed by atoms with Crippen LogP contribution in [0.25, 0.3) is 0 Å². The fraction of sp³-hybridized carbons (Fsp3) is 0.385. The van der Waals surface area contributed by atoms with Crippen LogP contribution in [0.1, 0.15) is 30.0 Å². The monoisotopic (exact) mass is 189 g/mol. The maximum absolute atomic E-state index is 5.44. The van der Waals surface area contributed by atoms with E-state index in [0.29, 0.717) is 0 Å². The van der Waals surface area contributed by atoms with Crippen molar-refractivity contribution in [3.8, 4) is 0 Å². The molecule has 0 bridgehead atoms. The molecule has 0 unspecified atom stereocenters. The summed E-state index contributed by atoms with van der Waals surface area (Å²) in [4.78, 5) is 0. The highest BCUT2D eigenvalue weighted by atomic mass is 14.5. The van der Waals surface area contributed by atoms with E-state index >= 15 is 0 Å². The third-order valence-corrected chi connectivity index (χ3v) is 2.58. The molecular formula is C13H19N. The van der Waals surface area contributed by atoms with Gasteiger partial charge in [0.1, 0.15) is 0 Å². The second-order valence-corrected chi connectivity index (χ2v) is 3.94. The number of nitrogens with two attached hydrogens (primary N) is 1. The van der Waals surface area contributed by atoms with Crippen LogP contribution in [0.5, 0.6) is 0 Å². The van der Waals surface area contributed by atoms with Crippen LogP contribution in [0, 0.1) is 13.8 Å². The van der Waals surface area contributed by atoms with Gasteiger partial charge in [0, 0.05) is 0 Å². The molecule has 1 aromatic carbocycles. The predicted octanol–water partition coefficient (Wildman–Crippen LogP) is 3.10. The zero-order valence-electron chi connectivity index (χ0n) is 9.30. The summed E-state index contributed by atoms with van der Waals surface area (Å²) < 4.78 is 0. The Kier molecular flexibility index (Phi) is 3.75. The van der Waals surface area contributed by atoms with E-state index in [4.69, 9.17) is 5.73 Å². The van der Waals surface area contributed by atoms with Crippen molar-refractivity contribution in [1.82, 2.24) is 0 Å². The quantitative estimate of drug-likeness (QED) is 0.777. The van der Waals surface area contributed by atoms with Gasteiger partial charge in [0.25, 0.3) is 0 Å². The largest absolute Gasteiger partial charge is 0.405 e. The summed E-state index contributed by atoms with van der Waals surface area (Å²) in [6.07, 6.45) is 3.85. The SMILES string of the molecule is CC(=CN)CCc1cc(C)ccc1C. The van der Waals surface area contributed by atoms with Gasteiger partial charge in [-0.2, -0.15) is 0 Å². The van der Waals surface area contributed by atoms with Crippen molar-refractivity contribution in [3.63, 3.8) is 0 Å². The minimum Gasteiger partial charge on any atom is -0.405 e. The summed E-state index contributed by atoms with van der Waals surface area (Å²) in [6.45, 7) is 6.37. The summed E-state index contributed by atoms with van der Waals surface area (Å²) in [6, 6.07) is 6.61. The van der Waals surface area contributed by atoms with Crippen LogP contribution in [-0.2, 0) is 6.42 Å². The highest BCUT2D eigenvalue weighted by Gasteiger charge is 1.99. The van der Waals surface area contributed by atoms with Crippen LogP contribution in [0.2, 0.25) is 0 Å². The molecule has 0 fully saturated rings. The van der Waals surface area contributed by atoms with Crippen molar-refractivity contribution in [2.75, 3.05) is 0 Å². The van der Waals surface area contributed by atoms with Gasteiger partial charge < -0.3 is 5.73 Å². The highest BCUT2D eigenvalue weighted by molar-refractivity contribution is 5.30. The summed E-state index contributed by atoms with van der Waals surface area (Å²) in [5.41, 5.74) is 10.8. The Morgan fingerprint density at radius 2 is 2.07 bits per heavy atom. The van der Waals surface area contributed by atoms with E-state index in [2.05, 4.69) is 39.0 Å². The Balaban J connectivity index is 2.71. The van der Waals surface area contributed by atoms with Crippen molar-refractivity contribution >= 4 is 0 Å². The molecule has 1 heteroatoms. The molecule has 0 aromatic heterocycles. The van der Waals surface area contributed by atoms with Crippen molar-refractivity contribution in [3.05, 3.63) is 46.7 Å². The maximum atomic E-state index is 5.44. The molecule has 0 amide bonds. The Bertz CT molecular complexity index is 337. The zero-order chi connectivity index (χ0) is 10.6. The fourth-order valence-electron chi connectivity index (χ4n) is 1.48. The van der Waals surface area contributed by atoms with E-state index in [1.54, 1.807) is 6.20 Å². The zero-order valence-corrected chi connectivity index (χ0v) is 9.30. The van der Waals surface area contributed by atoms with Gasteiger partial charge in [-0.05, 0) is 50.9 Å². The van der Waals surface area contributed by atoms with Crippen molar-refractivity contribution in [1.29, 1.82) is 0 Å². The Morgan fingerprint density at radius 1 is 1.36 bits per heavy atom. The van der Waals surface area contributed by atoms with Crippen LogP contribution in [0.4, 0.5) is 0 Å². The molecule has 0 saturated carbocycles. The number of benzene rings is 1. The Labute approximate surface area is 86.6 Å². The molecule has 1 nitrogen and oxygen atoms in total. The van der Waals surface area contributed by atoms with Crippen LogP contribution in [0.3, 0.4) is 0 Å². The van der Waals surface area contributed by atoms with Gasteiger partial charge in [-0.25, -0.2) is 0 Å². The minimum atomic E-state index is 1.06. The lowest BCUT2D eigenvalue weighted by Gasteiger charge is -2.06. The topological polar surface area (TPSA) is 26.0 Å². The first-order valence-electron chi connectivity index (χ1n) is 5.07. The van der Waals surface area contributed by atoms with Gasteiger partial charge in [-0.15, -0.1) is 0 Å². The highest BCUT2D eigenvalue weighted by Crippen LogP contribution is 2.14. The molecule has 0 saturated heterocycles. The molecule has 0 spiro atoms. The average molecular weight is 189 g/mol. The predicted molar refractivity (Wildman–Crippen MR) is 62.2 cm³/mol. The summed E-state index contributed by atoms with van der Waals surface area (Å²) >= 11 is 0. The van der Waals surface area contributed by atoms with Gasteiger partial charge >= 0.3 is 0 Å². The normalized spacial score (nSPS) is 11.8. The van der Waals surface area contributed by atoms with Crippen LogP contribution >= 0.6 is 0 Å². The lowest BCUT2D eigenvalue weighted by atomic mass is 9.99. The van der Waals surface area contributed by atoms with E-state index in [1.807, 2.05) is 0 Å². The average Bonchev–Trinajstić information content (AvgIpc) is 2.19. The second-order valence-electron chi connectivity index (χ2n) is 3.94. The standard InChI is InChI=1S/C13H19N/c1-10-4-6-12(3)13(8-10)7-5-11(2)9-14/h4,6,8-9H,5,7,14H2,1-3H3. The molecule has 14 heavy (non-hydrogen) atoms. The first kappa shape index (κ1) is 10.8. The molecular weight excluding hydrogens is 170 g/mol. The summed E-state index contributed by atoms with van der Waals surface area (Å²) in [5.74, 6) is 0. The van der Waals surface area contributed by atoms with Gasteiger partial charge in [0.15, 0.2) is 0 Å². The number of hydrogen-bond donors (Lipinski definition) is 1. The minimum absolute atomic E-state index is 1.06. The van der Waals surface area contributed by atoms with Crippen LogP contribution in [0.15, 0.2) is 30.0 Å². The molecule has 0 aliphatic heterocycles. The van der Waals surface area contributed by atoms with E-state index in [1.165, 1.54) is 22.3 Å². The number of hydrogen-bond acceptors (Lipinski definition) is 1. The molecule has 1 aromatic rings. The molecule has 2 N–H and O–H groups in total.